The monoisotopic (exact) mass is 573 g/mol. The van der Waals surface area contributed by atoms with E-state index in [9.17, 15) is 14.7 Å². The number of nitrogen functional groups attached to an aromatic ring is 1. The first-order valence-corrected chi connectivity index (χ1v) is 14.6. The summed E-state index contributed by atoms with van der Waals surface area (Å²) in [7, 11) is 3.01. The van der Waals surface area contributed by atoms with E-state index in [1.165, 1.54) is 18.5 Å². The third-order valence-corrected chi connectivity index (χ3v) is 9.09. The molecule has 1 heterocycles. The average Bonchev–Trinajstić information content (AvgIpc) is 3.02. The number of hydrogen-bond donors (Lipinski definition) is 3. The van der Waals surface area contributed by atoms with Gasteiger partial charge in [-0.25, -0.2) is 15.0 Å². The number of nitrogens with two attached hydrogens (primary N) is 1. The predicted octanol–water partition coefficient (Wildman–Crippen LogP) is 5.91. The molecule has 10 nitrogen and oxygen atoms in total. The van der Waals surface area contributed by atoms with Gasteiger partial charge >= 0.3 is 5.97 Å². The Morgan fingerprint density at radius 3 is 2.29 bits per heavy atom. The summed E-state index contributed by atoms with van der Waals surface area (Å²) in [4.78, 5) is 41.1. The highest BCUT2D eigenvalue weighted by atomic mass is 16.7. The van der Waals surface area contributed by atoms with Crippen LogP contribution in [0.25, 0.3) is 11.1 Å². The number of benzene rings is 2. The molecule has 0 radical (unpaired) electrons. The summed E-state index contributed by atoms with van der Waals surface area (Å²) in [6.45, 7) is 0. The van der Waals surface area contributed by atoms with E-state index in [2.05, 4.69) is 15.3 Å². The van der Waals surface area contributed by atoms with Crippen molar-refractivity contribution < 1.29 is 24.3 Å². The first-order chi connectivity index (χ1) is 20.3. The standard InChI is InChI=1S/C32H39N5O5/c1-37(41-2)29(38)31(17-7-4-8-18-31)32(30(39)40)19-9-10-23(20-32)36-28-26(27(33)34-21-35-28)22-13-15-25(16-14-22)42-24-11-5-3-6-12-24/h3,5-6,11-16,21,23H,4,7-10,17-20H2,1-2H3,(H,39,40)(H3,33,34,35,36)/t23-,32-/m0/s1. The van der Waals surface area contributed by atoms with Crippen LogP contribution in [0, 0.1) is 10.8 Å². The van der Waals surface area contributed by atoms with Gasteiger partial charge in [-0.15, -0.1) is 0 Å². The third kappa shape index (κ3) is 5.51. The van der Waals surface area contributed by atoms with Gasteiger partial charge in [0.1, 0.15) is 29.5 Å². The summed E-state index contributed by atoms with van der Waals surface area (Å²) in [5, 5.41) is 15.5. The predicted molar refractivity (Wildman–Crippen MR) is 160 cm³/mol. The Morgan fingerprint density at radius 2 is 1.62 bits per heavy atom. The lowest BCUT2D eigenvalue weighted by Gasteiger charge is -2.52. The minimum atomic E-state index is -1.23. The van der Waals surface area contributed by atoms with Crippen molar-refractivity contribution in [3.8, 4) is 22.6 Å². The highest BCUT2D eigenvalue weighted by molar-refractivity contribution is 5.90. The Kier molecular flexibility index (Phi) is 8.63. The molecule has 0 aliphatic heterocycles. The lowest BCUT2D eigenvalue weighted by atomic mass is 9.51. The molecule has 222 valence electrons. The first-order valence-electron chi connectivity index (χ1n) is 14.6. The maximum atomic E-state index is 13.8. The van der Waals surface area contributed by atoms with Crippen LogP contribution >= 0.6 is 0 Å². The van der Waals surface area contributed by atoms with Crippen molar-refractivity contribution >= 4 is 23.5 Å². The van der Waals surface area contributed by atoms with Crippen LogP contribution in [0.4, 0.5) is 11.6 Å². The molecule has 2 saturated carbocycles. The minimum Gasteiger partial charge on any atom is -0.481 e. The summed E-state index contributed by atoms with van der Waals surface area (Å²) in [5.74, 6) is 1.08. The largest absolute Gasteiger partial charge is 0.481 e. The topological polar surface area (TPSA) is 140 Å². The molecule has 2 atom stereocenters. The first kappa shape index (κ1) is 29.3. The van der Waals surface area contributed by atoms with Crippen LogP contribution in [-0.2, 0) is 14.4 Å². The van der Waals surface area contributed by atoms with Crippen LogP contribution < -0.4 is 15.8 Å². The molecular formula is C32H39N5O5. The number of carbonyl (C=O) groups is 2. The number of hydroxylamine groups is 2. The van der Waals surface area contributed by atoms with Crippen LogP contribution in [0.3, 0.4) is 0 Å². The highest BCUT2D eigenvalue weighted by Gasteiger charge is 2.62. The number of carbonyl (C=O) groups excluding carboxylic acids is 1. The number of hydrogen-bond acceptors (Lipinski definition) is 8. The molecule has 0 bridgehead atoms. The number of aromatic nitrogens is 2. The van der Waals surface area contributed by atoms with Crippen LogP contribution in [0.1, 0.15) is 57.8 Å². The lowest BCUT2D eigenvalue weighted by molar-refractivity contribution is -0.201. The van der Waals surface area contributed by atoms with Gasteiger partial charge in [-0.05, 0) is 61.9 Å². The normalized spacial score (nSPS) is 21.7. The fourth-order valence-corrected chi connectivity index (χ4v) is 6.97. The lowest BCUT2D eigenvalue weighted by Crippen LogP contribution is -2.59. The Balaban J connectivity index is 1.43. The molecule has 2 aromatic carbocycles. The van der Waals surface area contributed by atoms with Crippen molar-refractivity contribution in [3.63, 3.8) is 0 Å². The highest BCUT2D eigenvalue weighted by Crippen LogP contribution is 2.58. The summed E-state index contributed by atoms with van der Waals surface area (Å²) in [6, 6.07) is 16.8. The number of rotatable bonds is 9. The van der Waals surface area contributed by atoms with Crippen molar-refractivity contribution in [2.24, 2.45) is 10.8 Å². The van der Waals surface area contributed by atoms with Gasteiger partial charge in [-0.2, -0.15) is 0 Å². The van der Waals surface area contributed by atoms with Gasteiger partial charge in [-0.3, -0.25) is 14.4 Å². The Labute approximate surface area is 246 Å². The van der Waals surface area contributed by atoms with Gasteiger partial charge in [0.05, 0.1) is 23.5 Å². The number of anilines is 2. The fraction of sp³-hybridized carbons (Fsp3) is 0.438. The van der Waals surface area contributed by atoms with Gasteiger partial charge in [0, 0.05) is 13.1 Å². The van der Waals surface area contributed by atoms with E-state index >= 15 is 0 Å². The Hall–Kier alpha value is -4.18. The van der Waals surface area contributed by atoms with Gasteiger partial charge in [0.15, 0.2) is 0 Å². The number of nitrogens with zero attached hydrogens (tertiary/aromatic N) is 3. The maximum Gasteiger partial charge on any atom is 0.310 e. The van der Waals surface area contributed by atoms with E-state index in [-0.39, 0.29) is 11.9 Å². The van der Waals surface area contributed by atoms with E-state index < -0.39 is 16.8 Å². The molecule has 1 aromatic heterocycles. The second-order valence-corrected chi connectivity index (χ2v) is 11.4. The number of ether oxygens (including phenoxy) is 1. The summed E-state index contributed by atoms with van der Waals surface area (Å²) in [6.07, 6.45) is 7.21. The van der Waals surface area contributed by atoms with E-state index in [1.54, 1.807) is 7.05 Å². The molecule has 1 amide bonds. The molecule has 2 aliphatic rings. The summed E-state index contributed by atoms with van der Waals surface area (Å²) < 4.78 is 5.93. The third-order valence-electron chi connectivity index (χ3n) is 9.09. The van der Waals surface area contributed by atoms with Gasteiger partial charge in [0.2, 0.25) is 0 Å². The second-order valence-electron chi connectivity index (χ2n) is 11.4. The van der Waals surface area contributed by atoms with Crippen molar-refractivity contribution in [1.29, 1.82) is 0 Å². The molecule has 42 heavy (non-hydrogen) atoms. The molecule has 2 fully saturated rings. The number of carboxylic acids is 1. The molecule has 2 aliphatic carbocycles. The van der Waals surface area contributed by atoms with Crippen molar-refractivity contribution in [1.82, 2.24) is 15.0 Å². The minimum absolute atomic E-state index is 0.233. The van der Waals surface area contributed by atoms with E-state index in [1.807, 2.05) is 54.6 Å². The zero-order valence-corrected chi connectivity index (χ0v) is 24.2. The van der Waals surface area contributed by atoms with Crippen LogP contribution in [0.2, 0.25) is 0 Å². The number of para-hydroxylation sites is 1. The molecule has 0 unspecified atom stereocenters. The molecule has 0 saturated heterocycles. The number of aliphatic carboxylic acids is 1. The molecule has 5 rings (SSSR count). The van der Waals surface area contributed by atoms with E-state index in [0.717, 1.165) is 37.0 Å². The number of nitrogens with one attached hydrogen (secondary N) is 1. The Morgan fingerprint density at radius 1 is 0.952 bits per heavy atom. The number of carboxylic acid groups (broad SMARTS) is 1. The smallest absolute Gasteiger partial charge is 0.310 e. The second kappa shape index (κ2) is 12.4. The van der Waals surface area contributed by atoms with Crippen molar-refractivity contribution in [2.45, 2.75) is 63.8 Å². The van der Waals surface area contributed by atoms with Crippen LogP contribution in [0.5, 0.6) is 11.5 Å². The van der Waals surface area contributed by atoms with Crippen molar-refractivity contribution in [2.75, 3.05) is 25.2 Å². The van der Waals surface area contributed by atoms with Crippen LogP contribution in [-0.4, -0.2) is 52.2 Å². The average molecular weight is 574 g/mol. The summed E-state index contributed by atoms with van der Waals surface area (Å²) in [5.41, 5.74) is 5.54. The molecule has 0 spiro atoms. The zero-order valence-electron chi connectivity index (χ0n) is 24.2. The molecular weight excluding hydrogens is 534 g/mol. The van der Waals surface area contributed by atoms with Crippen LogP contribution in [0.15, 0.2) is 60.9 Å². The van der Waals surface area contributed by atoms with Crippen molar-refractivity contribution in [3.05, 3.63) is 60.9 Å². The quantitative estimate of drug-likeness (QED) is 0.266. The van der Waals surface area contributed by atoms with E-state index in [0.29, 0.717) is 55.1 Å². The Bertz CT molecular complexity index is 1390. The maximum absolute atomic E-state index is 13.8. The van der Waals surface area contributed by atoms with Gasteiger partial charge in [0.25, 0.3) is 5.91 Å². The number of amides is 1. The molecule has 3 aromatic rings. The van der Waals surface area contributed by atoms with Gasteiger partial charge in [-0.1, -0.05) is 56.0 Å². The summed E-state index contributed by atoms with van der Waals surface area (Å²) >= 11 is 0. The fourth-order valence-electron chi connectivity index (χ4n) is 6.97. The molecule has 4 N–H and O–H groups in total. The zero-order chi connectivity index (χ0) is 29.7. The SMILES string of the molecule is CON(C)C(=O)C1([C@@]2(C(=O)O)CCC[C@H](Nc3ncnc(N)c3-c3ccc(Oc4ccccc4)cc3)C2)CCCCC1. The van der Waals surface area contributed by atoms with Gasteiger partial charge < -0.3 is 20.9 Å². The molecule has 10 heteroatoms. The van der Waals surface area contributed by atoms with E-state index in [4.69, 9.17) is 15.3 Å².